The summed E-state index contributed by atoms with van der Waals surface area (Å²) in [5.74, 6) is -1.93. The molecule has 1 amide bonds. The van der Waals surface area contributed by atoms with E-state index in [1.165, 1.54) is 12.3 Å². The second-order valence-electron chi connectivity index (χ2n) is 3.66. The smallest absolute Gasteiger partial charge is 0.251 e. The molecule has 2 aromatic rings. The zero-order valence-electron chi connectivity index (χ0n) is 9.56. The molecule has 0 radical (unpaired) electrons. The van der Waals surface area contributed by atoms with E-state index in [-0.39, 0.29) is 21.2 Å². The number of benzene rings is 1. The van der Waals surface area contributed by atoms with Crippen molar-refractivity contribution >= 4 is 23.4 Å². The van der Waals surface area contributed by atoms with E-state index in [2.05, 4.69) is 4.98 Å². The van der Waals surface area contributed by atoms with Crippen LogP contribution in [-0.2, 0) is 0 Å². The third-order valence-corrected chi connectivity index (χ3v) is 3.29. The van der Waals surface area contributed by atoms with Crippen molar-refractivity contribution in [1.82, 2.24) is 4.98 Å². The second kappa shape index (κ2) is 5.23. The number of carbonyl (C=O) groups excluding carboxylic acids is 1. The normalized spacial score (nSPS) is 10.4. The van der Waals surface area contributed by atoms with E-state index in [0.29, 0.717) is 0 Å². The minimum absolute atomic E-state index is 0.0137. The molecular formula is C12H9F2N3OS. The van der Waals surface area contributed by atoms with Crippen LogP contribution in [0.15, 0.2) is 40.4 Å². The fourth-order valence-corrected chi connectivity index (χ4v) is 2.31. The molecule has 0 aliphatic rings. The summed E-state index contributed by atoms with van der Waals surface area (Å²) in [6, 6.07) is 4.36. The average molecular weight is 281 g/mol. The van der Waals surface area contributed by atoms with E-state index < -0.39 is 17.5 Å². The van der Waals surface area contributed by atoms with Crippen molar-refractivity contribution in [3.05, 3.63) is 47.7 Å². The predicted molar refractivity (Wildman–Crippen MR) is 67.6 cm³/mol. The van der Waals surface area contributed by atoms with Gasteiger partial charge in [-0.05, 0) is 24.3 Å². The Kier molecular flexibility index (Phi) is 3.66. The minimum atomic E-state index is -0.737. The van der Waals surface area contributed by atoms with E-state index >= 15 is 0 Å². The van der Waals surface area contributed by atoms with Crippen LogP contribution in [0, 0.1) is 11.6 Å². The van der Waals surface area contributed by atoms with E-state index in [1.54, 1.807) is 0 Å². The Morgan fingerprint density at radius 1 is 1.26 bits per heavy atom. The Labute approximate surface area is 111 Å². The maximum absolute atomic E-state index is 13.5. The lowest BCUT2D eigenvalue weighted by molar-refractivity contribution is 0.0997. The molecule has 1 aromatic carbocycles. The number of nitrogens with zero attached hydrogens (tertiary/aromatic N) is 1. The van der Waals surface area contributed by atoms with Gasteiger partial charge in [-0.2, -0.15) is 0 Å². The molecule has 0 spiro atoms. The molecular weight excluding hydrogens is 272 g/mol. The van der Waals surface area contributed by atoms with E-state index in [0.717, 1.165) is 30.0 Å². The highest BCUT2D eigenvalue weighted by atomic mass is 32.2. The SMILES string of the molecule is NC(=O)c1cc(N)cnc1Sc1cc(F)ccc1F. The lowest BCUT2D eigenvalue weighted by Crippen LogP contribution is -2.13. The standard InChI is InChI=1S/C12H9F2N3OS/c13-6-1-2-9(14)10(3-6)19-12-8(11(16)18)4-7(15)5-17-12/h1-5H,15H2,(H2,16,18). The van der Waals surface area contributed by atoms with Gasteiger partial charge in [0.1, 0.15) is 16.7 Å². The highest BCUT2D eigenvalue weighted by Gasteiger charge is 2.14. The molecule has 0 saturated carbocycles. The van der Waals surface area contributed by atoms with Crippen molar-refractivity contribution in [2.45, 2.75) is 9.92 Å². The molecule has 0 aliphatic heterocycles. The van der Waals surface area contributed by atoms with E-state index in [4.69, 9.17) is 11.5 Å². The fraction of sp³-hybridized carbons (Fsp3) is 0. The van der Waals surface area contributed by atoms with Gasteiger partial charge in [0, 0.05) is 0 Å². The number of nitrogen functional groups attached to an aromatic ring is 1. The van der Waals surface area contributed by atoms with Crippen LogP contribution >= 0.6 is 11.8 Å². The summed E-state index contributed by atoms with van der Waals surface area (Å²) in [5, 5.41) is 0.172. The number of hydrogen-bond acceptors (Lipinski definition) is 4. The number of nitrogens with two attached hydrogens (primary N) is 2. The molecule has 0 aliphatic carbocycles. The van der Waals surface area contributed by atoms with Gasteiger partial charge in [0.15, 0.2) is 0 Å². The van der Waals surface area contributed by atoms with Gasteiger partial charge in [-0.25, -0.2) is 13.8 Å². The maximum Gasteiger partial charge on any atom is 0.251 e. The van der Waals surface area contributed by atoms with Gasteiger partial charge in [0.25, 0.3) is 5.91 Å². The maximum atomic E-state index is 13.5. The van der Waals surface area contributed by atoms with Crippen LogP contribution in [0.25, 0.3) is 0 Å². The molecule has 0 saturated heterocycles. The van der Waals surface area contributed by atoms with Gasteiger partial charge in [-0.1, -0.05) is 11.8 Å². The topological polar surface area (TPSA) is 82.0 Å². The summed E-state index contributed by atoms with van der Waals surface area (Å²) in [7, 11) is 0. The average Bonchev–Trinajstić information content (AvgIpc) is 2.35. The van der Waals surface area contributed by atoms with Crippen molar-refractivity contribution in [1.29, 1.82) is 0 Å². The number of hydrogen-bond donors (Lipinski definition) is 2. The first-order valence-corrected chi connectivity index (χ1v) is 5.97. The molecule has 0 atom stereocenters. The van der Waals surface area contributed by atoms with Gasteiger partial charge in [0.2, 0.25) is 0 Å². The first-order valence-electron chi connectivity index (χ1n) is 5.15. The Hall–Kier alpha value is -2.15. The molecule has 0 bridgehead atoms. The minimum Gasteiger partial charge on any atom is -0.397 e. The first-order chi connectivity index (χ1) is 8.97. The van der Waals surface area contributed by atoms with Crippen molar-refractivity contribution < 1.29 is 13.6 Å². The van der Waals surface area contributed by atoms with Gasteiger partial charge < -0.3 is 11.5 Å². The van der Waals surface area contributed by atoms with Crippen LogP contribution in [0.1, 0.15) is 10.4 Å². The monoisotopic (exact) mass is 281 g/mol. The Morgan fingerprint density at radius 3 is 2.68 bits per heavy atom. The first kappa shape index (κ1) is 13.3. The third kappa shape index (κ3) is 3.00. The molecule has 2 rings (SSSR count). The molecule has 4 N–H and O–H groups in total. The molecule has 98 valence electrons. The Balaban J connectivity index is 2.43. The van der Waals surface area contributed by atoms with Crippen LogP contribution in [0.2, 0.25) is 0 Å². The molecule has 0 fully saturated rings. The number of carbonyl (C=O) groups is 1. The number of amides is 1. The van der Waals surface area contributed by atoms with E-state index in [9.17, 15) is 13.6 Å². The number of anilines is 1. The Bertz CT molecular complexity index is 649. The van der Waals surface area contributed by atoms with Gasteiger partial charge in [-0.15, -0.1) is 0 Å². The van der Waals surface area contributed by atoms with Crippen LogP contribution in [-0.4, -0.2) is 10.9 Å². The van der Waals surface area contributed by atoms with Gasteiger partial charge >= 0.3 is 0 Å². The zero-order valence-corrected chi connectivity index (χ0v) is 10.4. The number of halogens is 2. The molecule has 7 heteroatoms. The van der Waals surface area contributed by atoms with Crippen molar-refractivity contribution in [2.24, 2.45) is 5.73 Å². The van der Waals surface area contributed by atoms with Crippen molar-refractivity contribution in [3.8, 4) is 0 Å². The largest absolute Gasteiger partial charge is 0.397 e. The summed E-state index contributed by atoms with van der Waals surface area (Å²) in [4.78, 5) is 15.2. The highest BCUT2D eigenvalue weighted by molar-refractivity contribution is 7.99. The summed E-state index contributed by atoms with van der Waals surface area (Å²) in [6.07, 6.45) is 1.31. The quantitative estimate of drug-likeness (QED) is 0.903. The van der Waals surface area contributed by atoms with Crippen molar-refractivity contribution in [3.63, 3.8) is 0 Å². The second-order valence-corrected chi connectivity index (χ2v) is 4.69. The molecule has 0 unspecified atom stereocenters. The lowest BCUT2D eigenvalue weighted by Gasteiger charge is -2.07. The van der Waals surface area contributed by atoms with Crippen molar-refractivity contribution in [2.75, 3.05) is 5.73 Å². The zero-order chi connectivity index (χ0) is 14.0. The molecule has 1 heterocycles. The van der Waals surface area contributed by atoms with Gasteiger partial charge in [0.05, 0.1) is 22.3 Å². The summed E-state index contributed by atoms with van der Waals surface area (Å²) in [5.41, 5.74) is 11.0. The lowest BCUT2D eigenvalue weighted by atomic mass is 10.2. The number of aromatic nitrogens is 1. The highest BCUT2D eigenvalue weighted by Crippen LogP contribution is 2.31. The predicted octanol–water partition coefficient (Wildman–Crippen LogP) is 2.19. The Morgan fingerprint density at radius 2 is 2.00 bits per heavy atom. The van der Waals surface area contributed by atoms with Crippen LogP contribution < -0.4 is 11.5 Å². The van der Waals surface area contributed by atoms with E-state index in [1.807, 2.05) is 0 Å². The van der Waals surface area contributed by atoms with Gasteiger partial charge in [-0.3, -0.25) is 4.79 Å². The summed E-state index contributed by atoms with van der Waals surface area (Å²) < 4.78 is 26.6. The van der Waals surface area contributed by atoms with Crippen LogP contribution in [0.4, 0.5) is 14.5 Å². The molecule has 19 heavy (non-hydrogen) atoms. The van der Waals surface area contributed by atoms with Crippen LogP contribution in [0.5, 0.6) is 0 Å². The molecule has 1 aromatic heterocycles. The molecule has 4 nitrogen and oxygen atoms in total. The van der Waals surface area contributed by atoms with Crippen LogP contribution in [0.3, 0.4) is 0 Å². The number of pyridine rings is 1. The summed E-state index contributed by atoms with van der Waals surface area (Å²) >= 11 is 0.810. The summed E-state index contributed by atoms with van der Waals surface area (Å²) in [6.45, 7) is 0. The number of primary amides is 1. The fourth-order valence-electron chi connectivity index (χ4n) is 1.39. The number of rotatable bonds is 3. The third-order valence-electron chi connectivity index (χ3n) is 2.24.